The molecule has 0 radical (unpaired) electrons. The van der Waals surface area contributed by atoms with Crippen LogP contribution < -0.4 is 16.7 Å². The van der Waals surface area contributed by atoms with E-state index in [-0.39, 0.29) is 11.5 Å². The van der Waals surface area contributed by atoms with Crippen LogP contribution in [-0.2, 0) is 4.79 Å². The van der Waals surface area contributed by atoms with Gasteiger partial charge in [0.2, 0.25) is 5.91 Å². The largest absolute Gasteiger partial charge is 0.430 e. The van der Waals surface area contributed by atoms with Gasteiger partial charge in [0, 0.05) is 25.7 Å². The highest BCUT2D eigenvalue weighted by Gasteiger charge is 2.31. The minimum atomic E-state index is -0.682. The van der Waals surface area contributed by atoms with Gasteiger partial charge in [-0.15, -0.1) is 0 Å². The van der Waals surface area contributed by atoms with Crippen LogP contribution in [0.25, 0.3) is 0 Å². The van der Waals surface area contributed by atoms with Crippen molar-refractivity contribution < 1.29 is 14.0 Å². The number of hydrogen-bond donors (Lipinski definition) is 2. The first kappa shape index (κ1) is 12.3. The lowest BCUT2D eigenvalue weighted by Gasteiger charge is -2.34. The monoisotopic (exact) mass is 251 g/mol. The number of rotatable bonds is 2. The zero-order valence-corrected chi connectivity index (χ0v) is 9.59. The van der Waals surface area contributed by atoms with Crippen LogP contribution in [0.15, 0.2) is 27.6 Å². The Morgan fingerprint density at radius 3 is 2.83 bits per heavy atom. The number of piperazine rings is 1. The molecule has 1 aromatic heterocycles. The first-order valence-corrected chi connectivity index (χ1v) is 5.49. The lowest BCUT2D eigenvalue weighted by atomic mass is 10.1. The summed E-state index contributed by atoms with van der Waals surface area (Å²) in [6, 6.07) is 1.85. The molecule has 1 fully saturated rings. The standard InChI is InChI=1S/C11H13N3O4/c12-10(16)8-5-13-3-4-14(8)11(17)7-1-2-9(15)18-6-7/h1-2,6,8,13H,3-5H2,(H2,12,16). The number of hydrogen-bond acceptors (Lipinski definition) is 5. The topological polar surface area (TPSA) is 106 Å². The van der Waals surface area contributed by atoms with E-state index in [9.17, 15) is 14.4 Å². The Balaban J connectivity index is 2.23. The fourth-order valence-electron chi connectivity index (χ4n) is 1.85. The van der Waals surface area contributed by atoms with Crippen molar-refractivity contribution in [2.45, 2.75) is 6.04 Å². The summed E-state index contributed by atoms with van der Waals surface area (Å²) in [5.41, 5.74) is 4.95. The number of primary amides is 1. The molecule has 2 amide bonds. The summed E-state index contributed by atoms with van der Waals surface area (Å²) in [7, 11) is 0. The van der Waals surface area contributed by atoms with Crippen LogP contribution >= 0.6 is 0 Å². The maximum Gasteiger partial charge on any atom is 0.335 e. The summed E-state index contributed by atoms with van der Waals surface area (Å²) in [4.78, 5) is 35.6. The Morgan fingerprint density at radius 2 is 2.22 bits per heavy atom. The van der Waals surface area contributed by atoms with Gasteiger partial charge in [0.25, 0.3) is 5.91 Å². The molecule has 1 unspecified atom stereocenters. The van der Waals surface area contributed by atoms with Crippen molar-refractivity contribution in [1.82, 2.24) is 10.2 Å². The van der Waals surface area contributed by atoms with Crippen molar-refractivity contribution in [1.29, 1.82) is 0 Å². The van der Waals surface area contributed by atoms with Gasteiger partial charge in [-0.3, -0.25) is 9.59 Å². The van der Waals surface area contributed by atoms with Crippen LogP contribution in [0, 0.1) is 0 Å². The Morgan fingerprint density at radius 1 is 1.44 bits per heavy atom. The van der Waals surface area contributed by atoms with E-state index < -0.39 is 17.6 Å². The third-order valence-electron chi connectivity index (χ3n) is 2.78. The van der Waals surface area contributed by atoms with E-state index >= 15 is 0 Å². The van der Waals surface area contributed by atoms with Gasteiger partial charge >= 0.3 is 5.63 Å². The number of nitrogens with one attached hydrogen (secondary N) is 1. The molecule has 96 valence electrons. The van der Waals surface area contributed by atoms with Crippen LogP contribution in [0.1, 0.15) is 10.4 Å². The van der Waals surface area contributed by atoms with Crippen LogP contribution in [0.2, 0.25) is 0 Å². The lowest BCUT2D eigenvalue weighted by Crippen LogP contribution is -2.58. The Bertz CT molecular complexity index is 505. The smallest absolute Gasteiger partial charge is 0.335 e. The van der Waals surface area contributed by atoms with Crippen LogP contribution in [0.3, 0.4) is 0 Å². The number of nitrogens with two attached hydrogens (primary N) is 1. The lowest BCUT2D eigenvalue weighted by molar-refractivity contribution is -0.122. The fraction of sp³-hybridized carbons (Fsp3) is 0.364. The molecule has 3 N–H and O–H groups in total. The quantitative estimate of drug-likeness (QED) is 0.668. The molecule has 1 saturated heterocycles. The molecule has 0 spiro atoms. The van der Waals surface area contributed by atoms with Gasteiger partial charge in [-0.1, -0.05) is 0 Å². The zero-order valence-electron chi connectivity index (χ0n) is 9.59. The average Bonchev–Trinajstić information content (AvgIpc) is 2.39. The van der Waals surface area contributed by atoms with E-state index in [4.69, 9.17) is 5.73 Å². The minimum absolute atomic E-state index is 0.225. The molecular formula is C11H13N3O4. The van der Waals surface area contributed by atoms with E-state index in [1.54, 1.807) is 0 Å². The van der Waals surface area contributed by atoms with Crippen molar-refractivity contribution in [3.05, 3.63) is 34.4 Å². The molecular weight excluding hydrogens is 238 g/mol. The highest BCUT2D eigenvalue weighted by atomic mass is 16.4. The second kappa shape index (κ2) is 5.01. The molecule has 1 aliphatic rings. The number of amides is 2. The highest BCUT2D eigenvalue weighted by molar-refractivity contribution is 5.97. The summed E-state index contributed by atoms with van der Waals surface area (Å²) in [6.45, 7) is 1.30. The van der Waals surface area contributed by atoms with Crippen LogP contribution in [0.5, 0.6) is 0 Å². The van der Waals surface area contributed by atoms with Crippen molar-refractivity contribution in [3.8, 4) is 0 Å². The van der Waals surface area contributed by atoms with Gasteiger partial charge in [0.05, 0.1) is 5.56 Å². The second-order valence-electron chi connectivity index (χ2n) is 3.96. The maximum absolute atomic E-state index is 12.2. The molecule has 0 bridgehead atoms. The molecule has 7 nitrogen and oxygen atoms in total. The van der Waals surface area contributed by atoms with Crippen molar-refractivity contribution in [3.63, 3.8) is 0 Å². The van der Waals surface area contributed by atoms with Gasteiger partial charge in [-0.2, -0.15) is 0 Å². The molecule has 1 aliphatic heterocycles. The van der Waals surface area contributed by atoms with Crippen LogP contribution in [0.4, 0.5) is 0 Å². The summed E-state index contributed by atoms with van der Waals surface area (Å²) in [5, 5.41) is 2.99. The average molecular weight is 251 g/mol. The van der Waals surface area contributed by atoms with Gasteiger partial charge < -0.3 is 20.4 Å². The predicted molar refractivity (Wildman–Crippen MR) is 61.9 cm³/mol. The first-order valence-electron chi connectivity index (χ1n) is 5.49. The van der Waals surface area contributed by atoms with Gasteiger partial charge in [-0.25, -0.2) is 4.79 Å². The maximum atomic E-state index is 12.2. The second-order valence-corrected chi connectivity index (χ2v) is 3.96. The number of nitrogens with zero attached hydrogens (tertiary/aromatic N) is 1. The molecule has 2 heterocycles. The molecule has 1 atom stereocenters. The number of carbonyl (C=O) groups is 2. The molecule has 0 saturated carbocycles. The molecule has 7 heteroatoms. The van der Waals surface area contributed by atoms with Crippen molar-refractivity contribution >= 4 is 11.8 Å². The fourth-order valence-corrected chi connectivity index (χ4v) is 1.85. The SMILES string of the molecule is NC(=O)C1CNCCN1C(=O)c1ccc(=O)oc1. The zero-order chi connectivity index (χ0) is 13.1. The van der Waals surface area contributed by atoms with E-state index in [2.05, 4.69) is 9.73 Å². The van der Waals surface area contributed by atoms with E-state index in [1.807, 2.05) is 0 Å². The number of carbonyl (C=O) groups excluding carboxylic acids is 2. The summed E-state index contributed by atoms with van der Waals surface area (Å²) in [6.07, 6.45) is 1.09. The molecule has 0 aliphatic carbocycles. The van der Waals surface area contributed by atoms with E-state index in [1.165, 1.54) is 11.0 Å². The minimum Gasteiger partial charge on any atom is -0.430 e. The third-order valence-corrected chi connectivity index (χ3v) is 2.78. The Hall–Kier alpha value is -2.15. The van der Waals surface area contributed by atoms with Crippen LogP contribution in [-0.4, -0.2) is 42.4 Å². The summed E-state index contributed by atoms with van der Waals surface area (Å²) in [5.74, 6) is -0.933. The third kappa shape index (κ3) is 2.40. The molecule has 18 heavy (non-hydrogen) atoms. The molecule has 0 aromatic carbocycles. The van der Waals surface area contributed by atoms with Gasteiger partial charge in [-0.05, 0) is 6.07 Å². The summed E-state index contributed by atoms with van der Waals surface area (Å²) < 4.78 is 4.63. The normalized spacial score (nSPS) is 19.6. The predicted octanol–water partition coefficient (Wildman–Crippen LogP) is -1.46. The molecule has 2 rings (SSSR count). The Labute approximate surface area is 103 Å². The van der Waals surface area contributed by atoms with Crippen molar-refractivity contribution in [2.75, 3.05) is 19.6 Å². The van der Waals surface area contributed by atoms with E-state index in [0.29, 0.717) is 19.6 Å². The highest BCUT2D eigenvalue weighted by Crippen LogP contribution is 2.09. The Kier molecular flexibility index (Phi) is 3.42. The van der Waals surface area contributed by atoms with Crippen molar-refractivity contribution in [2.24, 2.45) is 5.73 Å². The summed E-state index contributed by atoms with van der Waals surface area (Å²) >= 11 is 0. The first-order chi connectivity index (χ1) is 8.59. The van der Waals surface area contributed by atoms with Gasteiger partial charge in [0.1, 0.15) is 12.3 Å². The molecule has 1 aromatic rings. The van der Waals surface area contributed by atoms with E-state index in [0.717, 1.165) is 12.3 Å². The van der Waals surface area contributed by atoms with Gasteiger partial charge in [0.15, 0.2) is 0 Å².